The third-order valence-corrected chi connectivity index (χ3v) is 3.57. The molecule has 1 aliphatic heterocycles. The van der Waals surface area contributed by atoms with Crippen molar-refractivity contribution in [2.24, 2.45) is 0 Å². The number of benzene rings is 1. The number of amides is 1. The summed E-state index contributed by atoms with van der Waals surface area (Å²) in [6, 6.07) is 3.80. The number of nitrogens with two attached hydrogens (primary N) is 1. The summed E-state index contributed by atoms with van der Waals surface area (Å²) in [5, 5.41) is 2.80. The lowest BCUT2D eigenvalue weighted by Crippen LogP contribution is -2.21. The number of nitrogen functional groups attached to an aromatic ring is 1. The first-order valence-corrected chi connectivity index (χ1v) is 6.93. The van der Waals surface area contributed by atoms with Crippen LogP contribution in [0, 0.1) is 0 Å². The van der Waals surface area contributed by atoms with E-state index in [-0.39, 0.29) is 5.91 Å². The summed E-state index contributed by atoms with van der Waals surface area (Å²) in [6.45, 7) is 1.56. The van der Waals surface area contributed by atoms with Gasteiger partial charge in [0.2, 0.25) is 0 Å². The third kappa shape index (κ3) is 2.34. The third-order valence-electron chi connectivity index (χ3n) is 2.98. The van der Waals surface area contributed by atoms with E-state index < -0.39 is 0 Å². The Hall–Kier alpha value is -1.36. The fourth-order valence-electron chi connectivity index (χ4n) is 1.96. The predicted molar refractivity (Wildman–Crippen MR) is 73.7 cm³/mol. The molecule has 1 amide bonds. The number of rotatable bonds is 4. The minimum Gasteiger partial charge on any atom is -0.397 e. The molecule has 4 nitrogen and oxygen atoms in total. The first-order valence-electron chi connectivity index (χ1n) is 5.54. The first kappa shape index (κ1) is 12.1. The zero-order valence-corrected chi connectivity index (χ0v) is 10.9. The van der Waals surface area contributed by atoms with E-state index in [4.69, 9.17) is 5.73 Å². The largest absolute Gasteiger partial charge is 0.397 e. The van der Waals surface area contributed by atoms with E-state index in [1.54, 1.807) is 6.07 Å². The van der Waals surface area contributed by atoms with Gasteiger partial charge in [-0.05, 0) is 24.0 Å². The van der Waals surface area contributed by atoms with Crippen LogP contribution in [0.4, 0.5) is 11.4 Å². The van der Waals surface area contributed by atoms with Gasteiger partial charge in [0.15, 0.2) is 0 Å². The van der Waals surface area contributed by atoms with Crippen molar-refractivity contribution in [2.45, 2.75) is 6.54 Å². The van der Waals surface area contributed by atoms with Crippen LogP contribution in [0.5, 0.6) is 0 Å². The van der Waals surface area contributed by atoms with E-state index in [2.05, 4.69) is 16.5 Å². The number of nitrogens with one attached hydrogen (secondary N) is 1. The molecule has 0 spiro atoms. The molecule has 1 heterocycles. The monoisotopic (exact) mass is 251 g/mol. The van der Waals surface area contributed by atoms with Crippen molar-refractivity contribution in [1.29, 1.82) is 0 Å². The van der Waals surface area contributed by atoms with Crippen LogP contribution in [-0.2, 0) is 6.54 Å². The molecule has 1 aliphatic rings. The summed E-state index contributed by atoms with van der Waals surface area (Å²) in [6.07, 6.45) is 2.09. The number of thioether (sulfide) groups is 1. The maximum atomic E-state index is 11.5. The maximum Gasteiger partial charge on any atom is 0.251 e. The lowest BCUT2D eigenvalue weighted by Gasteiger charge is -2.21. The van der Waals surface area contributed by atoms with Crippen molar-refractivity contribution in [3.63, 3.8) is 0 Å². The second kappa shape index (κ2) is 4.87. The first-order chi connectivity index (χ1) is 8.13. The van der Waals surface area contributed by atoms with Gasteiger partial charge in [0.1, 0.15) is 0 Å². The number of fused-ring (bicyclic) bond motifs is 1. The molecule has 0 fully saturated rings. The lowest BCUT2D eigenvalue weighted by molar-refractivity contribution is 0.0966. The highest BCUT2D eigenvalue weighted by Gasteiger charge is 2.21. The van der Waals surface area contributed by atoms with Gasteiger partial charge in [0.05, 0.1) is 11.4 Å². The highest BCUT2D eigenvalue weighted by atomic mass is 32.2. The van der Waals surface area contributed by atoms with Gasteiger partial charge in [-0.25, -0.2) is 0 Å². The van der Waals surface area contributed by atoms with Crippen LogP contribution < -0.4 is 16.0 Å². The fourth-order valence-corrected chi connectivity index (χ4v) is 2.41. The van der Waals surface area contributed by atoms with Crippen molar-refractivity contribution in [3.05, 3.63) is 23.3 Å². The van der Waals surface area contributed by atoms with Gasteiger partial charge in [0.25, 0.3) is 5.91 Å². The average molecular weight is 251 g/mol. The topological polar surface area (TPSA) is 58.4 Å². The second-order valence-electron chi connectivity index (χ2n) is 4.17. The number of carbonyl (C=O) groups is 1. The Labute approximate surface area is 106 Å². The molecule has 3 N–H and O–H groups in total. The summed E-state index contributed by atoms with van der Waals surface area (Å²) < 4.78 is 0. The van der Waals surface area contributed by atoms with E-state index >= 15 is 0 Å². The van der Waals surface area contributed by atoms with Gasteiger partial charge >= 0.3 is 0 Å². The number of anilines is 2. The molecule has 92 valence electrons. The minimum atomic E-state index is -0.0231. The van der Waals surface area contributed by atoms with Crippen molar-refractivity contribution in [2.75, 3.05) is 36.2 Å². The van der Waals surface area contributed by atoms with Crippen LogP contribution in [0.1, 0.15) is 15.9 Å². The molecule has 0 aliphatic carbocycles. The zero-order chi connectivity index (χ0) is 12.4. The maximum absolute atomic E-state index is 11.5. The molecule has 1 aromatic carbocycles. The second-order valence-corrected chi connectivity index (χ2v) is 5.15. The molecule has 2 rings (SSSR count). The summed E-state index contributed by atoms with van der Waals surface area (Å²) in [5.41, 5.74) is 9.43. The highest BCUT2D eigenvalue weighted by molar-refractivity contribution is 7.98. The summed E-state index contributed by atoms with van der Waals surface area (Å²) in [7, 11) is 2.03. The Bertz CT molecular complexity index is 448. The smallest absolute Gasteiger partial charge is 0.251 e. The molecule has 17 heavy (non-hydrogen) atoms. The predicted octanol–water partition coefficient (Wildman–Crippen LogP) is 1.31. The molecular weight excluding hydrogens is 234 g/mol. The van der Waals surface area contributed by atoms with Crippen molar-refractivity contribution >= 4 is 29.0 Å². The van der Waals surface area contributed by atoms with Crippen molar-refractivity contribution < 1.29 is 4.79 Å². The molecule has 0 atom stereocenters. The Morgan fingerprint density at radius 1 is 1.53 bits per heavy atom. The molecule has 0 aromatic heterocycles. The number of nitrogens with zero attached hydrogens (tertiary/aromatic N) is 1. The summed E-state index contributed by atoms with van der Waals surface area (Å²) in [5.74, 6) is 1.04. The molecule has 0 radical (unpaired) electrons. The van der Waals surface area contributed by atoms with E-state index in [1.807, 2.05) is 24.9 Å². The standard InChI is InChI=1S/C12H17N3OS/c1-15(3-4-17-2)11-5-8-7-14-12(16)9(8)6-10(11)13/h5-6H,3-4,7,13H2,1-2H3,(H,14,16). The van der Waals surface area contributed by atoms with Gasteiger partial charge in [-0.1, -0.05) is 0 Å². The van der Waals surface area contributed by atoms with Crippen molar-refractivity contribution in [3.8, 4) is 0 Å². The molecular formula is C12H17N3OS. The van der Waals surface area contributed by atoms with Crippen LogP contribution in [0.25, 0.3) is 0 Å². The highest BCUT2D eigenvalue weighted by Crippen LogP contribution is 2.29. The van der Waals surface area contributed by atoms with Crippen LogP contribution in [0.2, 0.25) is 0 Å². The summed E-state index contributed by atoms with van der Waals surface area (Å²) in [4.78, 5) is 13.6. The molecule has 0 saturated heterocycles. The zero-order valence-electron chi connectivity index (χ0n) is 10.1. The van der Waals surface area contributed by atoms with E-state index in [9.17, 15) is 4.79 Å². The van der Waals surface area contributed by atoms with Crippen LogP contribution in [0.15, 0.2) is 12.1 Å². The Kier molecular flexibility index (Phi) is 3.47. The lowest BCUT2D eigenvalue weighted by atomic mass is 10.1. The Balaban J connectivity index is 2.27. The van der Waals surface area contributed by atoms with E-state index in [0.29, 0.717) is 17.8 Å². The normalized spacial score (nSPS) is 13.4. The van der Waals surface area contributed by atoms with Crippen LogP contribution in [0.3, 0.4) is 0 Å². The SMILES string of the molecule is CSCCN(C)c1cc2c(cc1N)C(=O)NC2. The quantitative estimate of drug-likeness (QED) is 0.792. The van der Waals surface area contributed by atoms with Gasteiger partial charge in [0, 0.05) is 31.5 Å². The molecule has 0 bridgehead atoms. The van der Waals surface area contributed by atoms with Gasteiger partial charge in [-0.3, -0.25) is 4.79 Å². The van der Waals surface area contributed by atoms with E-state index in [0.717, 1.165) is 23.5 Å². The minimum absolute atomic E-state index is 0.0231. The number of hydrogen-bond donors (Lipinski definition) is 2. The molecule has 0 saturated carbocycles. The fraction of sp³-hybridized carbons (Fsp3) is 0.417. The Morgan fingerprint density at radius 3 is 3.00 bits per heavy atom. The molecule has 1 aromatic rings. The number of carbonyl (C=O) groups excluding carboxylic acids is 1. The molecule has 5 heteroatoms. The van der Waals surface area contributed by atoms with Crippen LogP contribution in [-0.4, -0.2) is 31.5 Å². The number of hydrogen-bond acceptors (Lipinski definition) is 4. The average Bonchev–Trinajstić information content (AvgIpc) is 2.67. The van der Waals surface area contributed by atoms with Crippen LogP contribution >= 0.6 is 11.8 Å². The molecule has 0 unspecified atom stereocenters. The van der Waals surface area contributed by atoms with E-state index in [1.165, 1.54) is 0 Å². The van der Waals surface area contributed by atoms with Crippen molar-refractivity contribution in [1.82, 2.24) is 5.32 Å². The van der Waals surface area contributed by atoms with Gasteiger partial charge in [-0.15, -0.1) is 0 Å². The Morgan fingerprint density at radius 2 is 2.29 bits per heavy atom. The summed E-state index contributed by atoms with van der Waals surface area (Å²) >= 11 is 1.81. The van der Waals surface area contributed by atoms with Gasteiger partial charge < -0.3 is 16.0 Å². The van der Waals surface area contributed by atoms with Gasteiger partial charge in [-0.2, -0.15) is 11.8 Å².